The van der Waals surface area contributed by atoms with Gasteiger partial charge in [0, 0.05) is 17.9 Å². The number of nitrogens with zero attached hydrogens (tertiary/aromatic N) is 3. The molecule has 3 aromatic rings. The molecule has 0 aliphatic heterocycles. The smallest absolute Gasteiger partial charge is 0.114 e. The van der Waals surface area contributed by atoms with Crippen LogP contribution in [0.25, 0.3) is 11.0 Å². The summed E-state index contributed by atoms with van der Waals surface area (Å²) < 4.78 is 3.13. The van der Waals surface area contributed by atoms with Crippen molar-refractivity contribution < 1.29 is 0 Å². The third-order valence-corrected chi connectivity index (χ3v) is 3.91. The summed E-state index contributed by atoms with van der Waals surface area (Å²) in [6, 6.07) is 16.0. The fourth-order valence-electron chi connectivity index (χ4n) is 2.25. The Labute approximate surface area is 125 Å². The van der Waals surface area contributed by atoms with Gasteiger partial charge in [-0.05, 0) is 35.9 Å². The van der Waals surface area contributed by atoms with Crippen molar-refractivity contribution in [3.05, 3.63) is 63.9 Å². The Bertz CT molecular complexity index is 810. The molecule has 1 aromatic heterocycles. The van der Waals surface area contributed by atoms with Crippen molar-refractivity contribution in [2.24, 2.45) is 7.05 Å². The SMILES string of the molecule is Cn1c(Cc2ccc(Br)cc2)nc2ccc(C#N)cc21. The molecule has 0 fully saturated rings. The van der Waals surface area contributed by atoms with Crippen LogP contribution in [0.3, 0.4) is 0 Å². The number of rotatable bonds is 2. The first-order chi connectivity index (χ1) is 9.67. The number of hydrogen-bond donors (Lipinski definition) is 0. The Hall–Kier alpha value is -2.12. The quantitative estimate of drug-likeness (QED) is 0.719. The van der Waals surface area contributed by atoms with Crippen LogP contribution in [-0.2, 0) is 13.5 Å². The number of fused-ring (bicyclic) bond motifs is 1. The zero-order valence-electron chi connectivity index (χ0n) is 11.0. The normalized spacial score (nSPS) is 10.7. The first-order valence-corrected chi connectivity index (χ1v) is 7.06. The van der Waals surface area contributed by atoms with Crippen LogP contribution in [0, 0.1) is 11.3 Å². The van der Waals surface area contributed by atoms with E-state index in [1.807, 2.05) is 31.3 Å². The molecular weight excluding hydrogens is 314 g/mol. The number of aromatic nitrogens is 2. The van der Waals surface area contributed by atoms with Crippen molar-refractivity contribution in [3.63, 3.8) is 0 Å². The van der Waals surface area contributed by atoms with E-state index < -0.39 is 0 Å². The van der Waals surface area contributed by atoms with Gasteiger partial charge in [-0.15, -0.1) is 0 Å². The predicted molar refractivity (Wildman–Crippen MR) is 82.4 cm³/mol. The van der Waals surface area contributed by atoms with Crippen LogP contribution in [0.15, 0.2) is 46.9 Å². The van der Waals surface area contributed by atoms with E-state index in [0.29, 0.717) is 5.56 Å². The Morgan fingerprint density at radius 3 is 2.65 bits per heavy atom. The lowest BCUT2D eigenvalue weighted by Crippen LogP contribution is -1.99. The van der Waals surface area contributed by atoms with Gasteiger partial charge in [-0.2, -0.15) is 5.26 Å². The van der Waals surface area contributed by atoms with Crippen molar-refractivity contribution in [1.82, 2.24) is 9.55 Å². The highest BCUT2D eigenvalue weighted by Gasteiger charge is 2.09. The minimum atomic E-state index is 0.663. The Balaban J connectivity index is 2.02. The van der Waals surface area contributed by atoms with Gasteiger partial charge < -0.3 is 4.57 Å². The van der Waals surface area contributed by atoms with Crippen molar-refractivity contribution in [2.75, 3.05) is 0 Å². The average molecular weight is 326 g/mol. The van der Waals surface area contributed by atoms with Gasteiger partial charge in [-0.3, -0.25) is 0 Å². The van der Waals surface area contributed by atoms with Crippen LogP contribution in [-0.4, -0.2) is 9.55 Å². The van der Waals surface area contributed by atoms with Crippen LogP contribution >= 0.6 is 15.9 Å². The van der Waals surface area contributed by atoms with Gasteiger partial charge in [0.25, 0.3) is 0 Å². The molecule has 0 aliphatic carbocycles. The Kier molecular flexibility index (Phi) is 3.29. The van der Waals surface area contributed by atoms with Gasteiger partial charge >= 0.3 is 0 Å². The molecule has 1 heterocycles. The molecule has 98 valence electrons. The molecule has 0 amide bonds. The number of imidazole rings is 1. The zero-order valence-corrected chi connectivity index (χ0v) is 12.6. The fraction of sp³-hybridized carbons (Fsp3) is 0.125. The summed E-state index contributed by atoms with van der Waals surface area (Å²) in [4.78, 5) is 4.65. The molecule has 3 nitrogen and oxygen atoms in total. The van der Waals surface area contributed by atoms with E-state index in [0.717, 1.165) is 27.8 Å². The standard InChI is InChI=1S/C16H12BrN3/c1-20-15-8-12(10-18)4-7-14(15)19-16(20)9-11-2-5-13(17)6-3-11/h2-8H,9H2,1H3. The maximum atomic E-state index is 8.97. The lowest BCUT2D eigenvalue weighted by Gasteiger charge is -2.03. The molecule has 0 saturated carbocycles. The summed E-state index contributed by atoms with van der Waals surface area (Å²) in [5.74, 6) is 0.998. The summed E-state index contributed by atoms with van der Waals surface area (Å²) in [5, 5.41) is 8.97. The van der Waals surface area contributed by atoms with E-state index in [4.69, 9.17) is 5.26 Å². The molecule has 20 heavy (non-hydrogen) atoms. The Morgan fingerprint density at radius 1 is 1.20 bits per heavy atom. The first kappa shape index (κ1) is 12.9. The highest BCUT2D eigenvalue weighted by molar-refractivity contribution is 9.10. The van der Waals surface area contributed by atoms with Crippen molar-refractivity contribution in [1.29, 1.82) is 5.26 Å². The zero-order chi connectivity index (χ0) is 14.1. The second kappa shape index (κ2) is 5.10. The topological polar surface area (TPSA) is 41.6 Å². The van der Waals surface area contributed by atoms with E-state index in [1.165, 1.54) is 5.56 Å². The average Bonchev–Trinajstić information content (AvgIpc) is 2.77. The number of hydrogen-bond acceptors (Lipinski definition) is 2. The maximum absolute atomic E-state index is 8.97. The number of nitriles is 1. The minimum Gasteiger partial charge on any atom is -0.331 e. The molecule has 0 aliphatic rings. The molecule has 0 saturated heterocycles. The van der Waals surface area contributed by atoms with Gasteiger partial charge in [-0.25, -0.2) is 4.98 Å². The minimum absolute atomic E-state index is 0.663. The third-order valence-electron chi connectivity index (χ3n) is 3.38. The van der Waals surface area contributed by atoms with Crippen LogP contribution in [0.4, 0.5) is 0 Å². The van der Waals surface area contributed by atoms with Crippen LogP contribution in [0.5, 0.6) is 0 Å². The molecule has 3 rings (SSSR count). The largest absolute Gasteiger partial charge is 0.331 e. The Morgan fingerprint density at radius 2 is 1.95 bits per heavy atom. The number of benzene rings is 2. The van der Waals surface area contributed by atoms with E-state index in [1.54, 1.807) is 6.07 Å². The lowest BCUT2D eigenvalue weighted by atomic mass is 10.1. The fourth-order valence-corrected chi connectivity index (χ4v) is 2.52. The molecule has 2 aromatic carbocycles. The third kappa shape index (κ3) is 2.33. The van der Waals surface area contributed by atoms with Gasteiger partial charge in [-0.1, -0.05) is 28.1 Å². The van der Waals surface area contributed by atoms with Crippen molar-refractivity contribution >= 4 is 27.0 Å². The van der Waals surface area contributed by atoms with Crippen molar-refractivity contribution in [2.45, 2.75) is 6.42 Å². The molecule has 0 bridgehead atoms. The molecule has 4 heteroatoms. The lowest BCUT2D eigenvalue weighted by molar-refractivity contribution is 0.844. The molecule has 0 N–H and O–H groups in total. The van der Waals surface area contributed by atoms with Gasteiger partial charge in [0.05, 0.1) is 22.7 Å². The molecule has 0 spiro atoms. The molecule has 0 radical (unpaired) electrons. The molecule has 0 atom stereocenters. The van der Waals surface area contributed by atoms with Gasteiger partial charge in [0.2, 0.25) is 0 Å². The van der Waals surface area contributed by atoms with Crippen molar-refractivity contribution in [3.8, 4) is 6.07 Å². The van der Waals surface area contributed by atoms with E-state index >= 15 is 0 Å². The van der Waals surface area contributed by atoms with Crippen LogP contribution in [0.1, 0.15) is 17.0 Å². The van der Waals surface area contributed by atoms with E-state index in [9.17, 15) is 0 Å². The van der Waals surface area contributed by atoms with E-state index in [-0.39, 0.29) is 0 Å². The second-order valence-corrected chi connectivity index (χ2v) is 5.62. The summed E-state index contributed by atoms with van der Waals surface area (Å²) in [6.07, 6.45) is 0.778. The van der Waals surface area contributed by atoms with Gasteiger partial charge in [0.1, 0.15) is 5.82 Å². The maximum Gasteiger partial charge on any atom is 0.114 e. The first-order valence-electron chi connectivity index (χ1n) is 6.27. The summed E-state index contributed by atoms with van der Waals surface area (Å²) in [5.41, 5.74) is 3.80. The predicted octanol–water partition coefficient (Wildman–Crippen LogP) is 3.80. The number of aryl methyl sites for hydroxylation is 1. The summed E-state index contributed by atoms with van der Waals surface area (Å²) in [7, 11) is 1.99. The van der Waals surface area contributed by atoms with Crippen LogP contribution in [0.2, 0.25) is 0 Å². The molecule has 0 unspecified atom stereocenters. The van der Waals surface area contributed by atoms with Gasteiger partial charge in [0.15, 0.2) is 0 Å². The van der Waals surface area contributed by atoms with Crippen LogP contribution < -0.4 is 0 Å². The summed E-state index contributed by atoms with van der Waals surface area (Å²) >= 11 is 3.44. The second-order valence-electron chi connectivity index (χ2n) is 4.71. The highest BCUT2D eigenvalue weighted by Crippen LogP contribution is 2.19. The van der Waals surface area contributed by atoms with E-state index in [2.05, 4.69) is 43.7 Å². The summed E-state index contributed by atoms with van der Waals surface area (Å²) in [6.45, 7) is 0. The number of halogens is 1. The monoisotopic (exact) mass is 325 g/mol. The highest BCUT2D eigenvalue weighted by atomic mass is 79.9. The molecular formula is C16H12BrN3.